The highest BCUT2D eigenvalue weighted by atomic mass is 35.5. The third-order valence-electron chi connectivity index (χ3n) is 3.33. The fraction of sp³-hybridized carbons (Fsp3) is 0.176. The molecule has 0 atom stereocenters. The summed E-state index contributed by atoms with van der Waals surface area (Å²) in [4.78, 5) is 12.0. The van der Waals surface area contributed by atoms with E-state index in [9.17, 15) is 9.18 Å². The Morgan fingerprint density at radius 3 is 2.46 bits per heavy atom. The minimum absolute atomic E-state index is 0.00410. The summed E-state index contributed by atoms with van der Waals surface area (Å²) >= 11 is 10.8. The van der Waals surface area contributed by atoms with E-state index in [1.165, 1.54) is 18.2 Å². The Labute approximate surface area is 150 Å². The number of anilines is 2. The quantitative estimate of drug-likeness (QED) is 0.716. The molecule has 0 aliphatic carbocycles. The van der Waals surface area contributed by atoms with Gasteiger partial charge in [-0.15, -0.1) is 0 Å². The Bertz CT molecular complexity index is 762. The highest BCUT2D eigenvalue weighted by molar-refractivity contribution is 7.80. The molecule has 0 saturated carbocycles. The largest absolute Gasteiger partial charge is 0.353 e. The second kappa shape index (κ2) is 8.08. The molecule has 24 heavy (non-hydrogen) atoms. The maximum absolute atomic E-state index is 13.1. The number of carbonyl (C=O) groups excluding carboxylic acids is 1. The van der Waals surface area contributed by atoms with Crippen molar-refractivity contribution >= 4 is 46.2 Å². The van der Waals surface area contributed by atoms with E-state index >= 15 is 0 Å². The zero-order valence-corrected chi connectivity index (χ0v) is 14.8. The maximum atomic E-state index is 13.1. The first kappa shape index (κ1) is 18.2. The first-order valence-corrected chi connectivity index (χ1v) is 8.01. The molecule has 0 aliphatic rings. The van der Waals surface area contributed by atoms with Gasteiger partial charge in [0.05, 0.1) is 11.6 Å². The van der Waals surface area contributed by atoms with Crippen LogP contribution < -0.4 is 16.0 Å². The summed E-state index contributed by atoms with van der Waals surface area (Å²) in [6.45, 7) is 3.87. The van der Waals surface area contributed by atoms with Gasteiger partial charge in [-0.3, -0.25) is 4.79 Å². The lowest BCUT2D eigenvalue weighted by Crippen LogP contribution is -2.35. The Morgan fingerprint density at radius 1 is 1.17 bits per heavy atom. The molecule has 0 bridgehead atoms. The zero-order valence-electron chi connectivity index (χ0n) is 13.2. The summed E-state index contributed by atoms with van der Waals surface area (Å²) in [5, 5.41) is 8.73. The van der Waals surface area contributed by atoms with Crippen LogP contribution in [0.3, 0.4) is 0 Å². The van der Waals surface area contributed by atoms with Gasteiger partial charge in [-0.1, -0.05) is 29.8 Å². The van der Waals surface area contributed by atoms with Crippen LogP contribution in [0.2, 0.25) is 5.02 Å². The predicted octanol–water partition coefficient (Wildman–Crippen LogP) is 4.02. The molecule has 2 aromatic carbocycles. The SMILES string of the molecule is Cc1cccc(C)c1NC(=O)CNC(=S)Nc1ccc(F)c(Cl)c1. The van der Waals surface area contributed by atoms with Crippen LogP contribution in [0.25, 0.3) is 0 Å². The van der Waals surface area contributed by atoms with Gasteiger partial charge < -0.3 is 16.0 Å². The Balaban J connectivity index is 1.87. The fourth-order valence-electron chi connectivity index (χ4n) is 2.10. The molecule has 0 fully saturated rings. The lowest BCUT2D eigenvalue weighted by Gasteiger charge is -2.13. The molecule has 0 heterocycles. The van der Waals surface area contributed by atoms with Crippen molar-refractivity contribution in [3.05, 3.63) is 58.4 Å². The van der Waals surface area contributed by atoms with Gasteiger partial charge in [0, 0.05) is 11.4 Å². The molecular weight excluding hydrogens is 349 g/mol. The lowest BCUT2D eigenvalue weighted by atomic mass is 10.1. The number of rotatable bonds is 4. The van der Waals surface area contributed by atoms with Gasteiger partial charge in [-0.05, 0) is 55.4 Å². The molecule has 1 amide bonds. The standard InChI is InChI=1S/C17H17ClFN3OS/c1-10-4-3-5-11(2)16(10)22-15(23)9-20-17(24)21-12-6-7-14(19)13(18)8-12/h3-8H,9H2,1-2H3,(H,22,23)(H2,20,21,24). The number of hydrogen-bond acceptors (Lipinski definition) is 2. The third-order valence-corrected chi connectivity index (χ3v) is 3.87. The van der Waals surface area contributed by atoms with Gasteiger partial charge in [0.1, 0.15) is 5.82 Å². The molecule has 0 spiro atoms. The highest BCUT2D eigenvalue weighted by Crippen LogP contribution is 2.20. The van der Waals surface area contributed by atoms with Crippen LogP contribution in [-0.2, 0) is 4.79 Å². The molecule has 0 aliphatic heterocycles. The monoisotopic (exact) mass is 365 g/mol. The summed E-state index contributed by atoms with van der Waals surface area (Å²) in [5.41, 5.74) is 3.32. The van der Waals surface area contributed by atoms with Crippen molar-refractivity contribution < 1.29 is 9.18 Å². The number of benzene rings is 2. The molecule has 0 unspecified atom stereocenters. The molecule has 2 aromatic rings. The number of thiocarbonyl (C=S) groups is 1. The number of hydrogen-bond donors (Lipinski definition) is 3. The van der Waals surface area contributed by atoms with Crippen molar-refractivity contribution in [2.24, 2.45) is 0 Å². The van der Waals surface area contributed by atoms with Gasteiger partial charge in [0.2, 0.25) is 5.91 Å². The number of amides is 1. The molecule has 0 aromatic heterocycles. The van der Waals surface area contributed by atoms with Crippen molar-refractivity contribution in [1.82, 2.24) is 5.32 Å². The van der Waals surface area contributed by atoms with Crippen molar-refractivity contribution in [2.75, 3.05) is 17.2 Å². The molecule has 4 nitrogen and oxygen atoms in total. The maximum Gasteiger partial charge on any atom is 0.243 e. The minimum atomic E-state index is -0.505. The molecule has 0 saturated heterocycles. The minimum Gasteiger partial charge on any atom is -0.353 e. The van der Waals surface area contributed by atoms with E-state index in [2.05, 4.69) is 16.0 Å². The first-order valence-electron chi connectivity index (χ1n) is 7.23. The summed E-state index contributed by atoms with van der Waals surface area (Å²) in [6.07, 6.45) is 0. The first-order chi connectivity index (χ1) is 11.4. The van der Waals surface area contributed by atoms with E-state index in [-0.39, 0.29) is 22.6 Å². The highest BCUT2D eigenvalue weighted by Gasteiger charge is 2.08. The van der Waals surface area contributed by atoms with Crippen LogP contribution in [0.1, 0.15) is 11.1 Å². The molecule has 0 radical (unpaired) electrons. The number of halogens is 2. The van der Waals surface area contributed by atoms with Crippen molar-refractivity contribution in [1.29, 1.82) is 0 Å². The Kier molecular flexibility index (Phi) is 6.11. The topological polar surface area (TPSA) is 53.2 Å². The second-order valence-electron chi connectivity index (χ2n) is 5.25. The average Bonchev–Trinajstić information content (AvgIpc) is 2.53. The van der Waals surface area contributed by atoms with E-state index < -0.39 is 5.82 Å². The summed E-state index contributed by atoms with van der Waals surface area (Å²) in [7, 11) is 0. The third kappa shape index (κ3) is 4.91. The van der Waals surface area contributed by atoms with Gasteiger partial charge in [0.15, 0.2) is 5.11 Å². The van der Waals surface area contributed by atoms with Crippen LogP contribution in [0.4, 0.5) is 15.8 Å². The van der Waals surface area contributed by atoms with Gasteiger partial charge in [0.25, 0.3) is 0 Å². The second-order valence-corrected chi connectivity index (χ2v) is 6.07. The normalized spacial score (nSPS) is 10.2. The molecule has 3 N–H and O–H groups in total. The van der Waals surface area contributed by atoms with Gasteiger partial charge in [-0.2, -0.15) is 0 Å². The molecule has 126 valence electrons. The van der Waals surface area contributed by atoms with Crippen LogP contribution >= 0.6 is 23.8 Å². The summed E-state index contributed by atoms with van der Waals surface area (Å²) in [5.74, 6) is -0.720. The smallest absolute Gasteiger partial charge is 0.243 e. The fourth-order valence-corrected chi connectivity index (χ4v) is 2.48. The number of para-hydroxylation sites is 1. The van der Waals surface area contributed by atoms with Crippen LogP contribution in [0.15, 0.2) is 36.4 Å². The van der Waals surface area contributed by atoms with E-state index in [0.717, 1.165) is 16.8 Å². The summed E-state index contributed by atoms with van der Waals surface area (Å²) in [6, 6.07) is 9.96. The number of carbonyl (C=O) groups is 1. The Hall–Kier alpha value is -2.18. The molecule has 7 heteroatoms. The van der Waals surface area contributed by atoms with Crippen molar-refractivity contribution in [3.8, 4) is 0 Å². The zero-order chi connectivity index (χ0) is 17.7. The van der Waals surface area contributed by atoms with Crippen molar-refractivity contribution in [2.45, 2.75) is 13.8 Å². The van der Waals surface area contributed by atoms with Gasteiger partial charge in [-0.25, -0.2) is 4.39 Å². The number of nitrogens with one attached hydrogen (secondary N) is 3. The predicted molar refractivity (Wildman–Crippen MR) is 100 cm³/mol. The summed E-state index contributed by atoms with van der Waals surface area (Å²) < 4.78 is 13.1. The van der Waals surface area contributed by atoms with E-state index in [0.29, 0.717) is 5.69 Å². The molecule has 2 rings (SSSR count). The van der Waals surface area contributed by atoms with E-state index in [4.69, 9.17) is 23.8 Å². The van der Waals surface area contributed by atoms with Crippen molar-refractivity contribution in [3.63, 3.8) is 0 Å². The van der Waals surface area contributed by atoms with Crippen LogP contribution in [0, 0.1) is 19.7 Å². The lowest BCUT2D eigenvalue weighted by molar-refractivity contribution is -0.115. The molecular formula is C17H17ClFN3OS. The van der Waals surface area contributed by atoms with Crippen LogP contribution in [0.5, 0.6) is 0 Å². The van der Waals surface area contributed by atoms with Crippen LogP contribution in [-0.4, -0.2) is 17.6 Å². The van der Waals surface area contributed by atoms with E-state index in [1.807, 2.05) is 32.0 Å². The van der Waals surface area contributed by atoms with E-state index in [1.54, 1.807) is 0 Å². The number of aryl methyl sites for hydroxylation is 2. The Morgan fingerprint density at radius 2 is 1.83 bits per heavy atom. The average molecular weight is 366 g/mol. The van der Waals surface area contributed by atoms with Gasteiger partial charge >= 0.3 is 0 Å².